The van der Waals surface area contributed by atoms with Crippen LogP contribution in [0.1, 0.15) is 66.6 Å². The van der Waals surface area contributed by atoms with E-state index >= 15 is 0 Å². The normalized spacial score (nSPS) is 19.5. The van der Waals surface area contributed by atoms with Crippen LogP contribution in [0, 0.1) is 5.82 Å². The summed E-state index contributed by atoms with van der Waals surface area (Å²) in [7, 11) is 0. The van der Waals surface area contributed by atoms with E-state index in [1.165, 1.54) is 18.6 Å². The van der Waals surface area contributed by atoms with Crippen LogP contribution in [0.4, 0.5) is 4.39 Å². The number of hydrogen-bond acceptors (Lipinski definition) is 3. The summed E-state index contributed by atoms with van der Waals surface area (Å²) in [4.78, 5) is 27.4. The third kappa shape index (κ3) is 4.57. The van der Waals surface area contributed by atoms with Crippen molar-refractivity contribution in [1.82, 2.24) is 14.7 Å². The molecule has 2 aromatic rings. The molecule has 1 saturated heterocycles. The van der Waals surface area contributed by atoms with Crippen molar-refractivity contribution in [2.75, 3.05) is 6.54 Å². The van der Waals surface area contributed by atoms with Gasteiger partial charge in [-0.15, -0.1) is 0 Å². The van der Waals surface area contributed by atoms with E-state index in [9.17, 15) is 14.0 Å². The number of aromatic nitrogens is 2. The zero-order valence-electron chi connectivity index (χ0n) is 16.8. The minimum atomic E-state index is -0.342. The first-order valence-corrected chi connectivity index (χ1v) is 10.8. The second kappa shape index (κ2) is 8.89. The summed E-state index contributed by atoms with van der Waals surface area (Å²) in [5, 5.41) is 4.65. The Bertz CT molecular complexity index is 923. The quantitative estimate of drug-likeness (QED) is 0.739. The van der Waals surface area contributed by atoms with Crippen LogP contribution in [0.3, 0.4) is 0 Å². The molecule has 1 amide bonds. The van der Waals surface area contributed by atoms with E-state index in [4.69, 9.17) is 0 Å². The van der Waals surface area contributed by atoms with Gasteiger partial charge in [0.25, 0.3) is 11.5 Å². The Hall–Kier alpha value is -2.50. The molecule has 1 aliphatic heterocycles. The van der Waals surface area contributed by atoms with Crippen molar-refractivity contribution in [2.45, 2.75) is 70.4 Å². The zero-order chi connectivity index (χ0) is 20.2. The van der Waals surface area contributed by atoms with Gasteiger partial charge in [0.05, 0.1) is 5.69 Å². The SMILES string of the molecule is O=C(c1ccc(F)cc1)N1CCCC[C@H]1CCn1nc2c(cc1=O)CCCCC2. The molecule has 0 spiro atoms. The van der Waals surface area contributed by atoms with Crippen molar-refractivity contribution in [3.63, 3.8) is 0 Å². The highest BCUT2D eigenvalue weighted by Gasteiger charge is 2.27. The average molecular weight is 397 g/mol. The number of nitrogens with zero attached hydrogens (tertiary/aromatic N) is 3. The van der Waals surface area contributed by atoms with Gasteiger partial charge in [-0.1, -0.05) is 6.42 Å². The van der Waals surface area contributed by atoms with Crippen LogP contribution < -0.4 is 5.56 Å². The van der Waals surface area contributed by atoms with Crippen LogP contribution in [0.15, 0.2) is 35.1 Å². The molecule has 1 atom stereocenters. The third-order valence-corrected chi connectivity index (χ3v) is 6.18. The zero-order valence-corrected chi connectivity index (χ0v) is 16.8. The number of aryl methyl sites for hydroxylation is 3. The number of hydrogen-bond donors (Lipinski definition) is 0. The van der Waals surface area contributed by atoms with Crippen LogP contribution in [-0.4, -0.2) is 33.2 Å². The maximum absolute atomic E-state index is 13.2. The van der Waals surface area contributed by atoms with Gasteiger partial charge in [-0.3, -0.25) is 9.59 Å². The van der Waals surface area contributed by atoms with E-state index in [0.717, 1.165) is 56.2 Å². The summed E-state index contributed by atoms with van der Waals surface area (Å²) < 4.78 is 14.8. The fourth-order valence-electron chi connectivity index (χ4n) is 4.54. The fraction of sp³-hybridized carbons (Fsp3) is 0.522. The second-order valence-electron chi connectivity index (χ2n) is 8.18. The average Bonchev–Trinajstić information content (AvgIpc) is 2.97. The summed E-state index contributed by atoms with van der Waals surface area (Å²) in [6.07, 6.45) is 9.00. The molecule has 4 rings (SSSR count). The molecule has 0 unspecified atom stereocenters. The first-order valence-electron chi connectivity index (χ1n) is 10.8. The predicted molar refractivity (Wildman–Crippen MR) is 109 cm³/mol. The molecule has 6 heteroatoms. The molecule has 2 heterocycles. The molecule has 1 aromatic heterocycles. The van der Waals surface area contributed by atoms with E-state index in [1.54, 1.807) is 22.9 Å². The van der Waals surface area contributed by atoms with E-state index in [0.29, 0.717) is 25.1 Å². The van der Waals surface area contributed by atoms with Crippen LogP contribution in [0.25, 0.3) is 0 Å². The molecule has 1 aliphatic carbocycles. The van der Waals surface area contributed by atoms with Crippen LogP contribution in [0.5, 0.6) is 0 Å². The molecule has 1 fully saturated rings. The number of carbonyl (C=O) groups excluding carboxylic acids is 1. The van der Waals surface area contributed by atoms with Crippen molar-refractivity contribution >= 4 is 5.91 Å². The Balaban J connectivity index is 1.47. The summed E-state index contributed by atoms with van der Waals surface area (Å²) in [5.74, 6) is -0.401. The van der Waals surface area contributed by atoms with Gasteiger partial charge in [0.2, 0.25) is 0 Å². The minimum absolute atomic E-state index is 0.0436. The van der Waals surface area contributed by atoms with Gasteiger partial charge in [0.15, 0.2) is 0 Å². The first-order chi connectivity index (χ1) is 14.1. The highest BCUT2D eigenvalue weighted by molar-refractivity contribution is 5.94. The molecular formula is C23H28FN3O2. The van der Waals surface area contributed by atoms with Gasteiger partial charge in [-0.25, -0.2) is 9.07 Å². The van der Waals surface area contributed by atoms with Crippen molar-refractivity contribution in [2.24, 2.45) is 0 Å². The van der Waals surface area contributed by atoms with Crippen LogP contribution in [0.2, 0.25) is 0 Å². The van der Waals surface area contributed by atoms with E-state index < -0.39 is 0 Å². The van der Waals surface area contributed by atoms with Gasteiger partial charge in [-0.05, 0) is 81.2 Å². The maximum atomic E-state index is 13.2. The molecule has 2 aliphatic rings. The summed E-state index contributed by atoms with van der Waals surface area (Å²) in [5.41, 5.74) is 2.64. The highest BCUT2D eigenvalue weighted by Crippen LogP contribution is 2.23. The van der Waals surface area contributed by atoms with Gasteiger partial charge >= 0.3 is 0 Å². The molecular weight excluding hydrogens is 369 g/mol. The Morgan fingerprint density at radius 1 is 1.07 bits per heavy atom. The smallest absolute Gasteiger partial charge is 0.267 e. The standard InChI is InChI=1S/C23H28FN3O2/c24-19-11-9-17(10-12-19)23(29)26-14-5-4-7-20(26)13-15-27-22(28)16-18-6-2-1-3-8-21(18)25-27/h9-12,16,20H,1-8,13-15H2/t20-/m0/s1. The lowest BCUT2D eigenvalue weighted by atomic mass is 9.98. The van der Waals surface area contributed by atoms with Crippen LogP contribution in [-0.2, 0) is 19.4 Å². The third-order valence-electron chi connectivity index (χ3n) is 6.18. The number of fused-ring (bicyclic) bond motifs is 1. The molecule has 154 valence electrons. The van der Waals surface area contributed by atoms with E-state index in [1.807, 2.05) is 4.90 Å². The largest absolute Gasteiger partial charge is 0.336 e. The first kappa shape index (κ1) is 19.8. The number of piperidine rings is 1. The highest BCUT2D eigenvalue weighted by atomic mass is 19.1. The van der Waals surface area contributed by atoms with E-state index in [2.05, 4.69) is 5.10 Å². The van der Waals surface area contributed by atoms with Crippen molar-refractivity contribution in [1.29, 1.82) is 0 Å². The Kier molecular flexibility index (Phi) is 6.07. The molecule has 0 radical (unpaired) electrons. The van der Waals surface area contributed by atoms with Gasteiger partial charge in [0, 0.05) is 30.8 Å². The molecule has 29 heavy (non-hydrogen) atoms. The lowest BCUT2D eigenvalue weighted by molar-refractivity contribution is 0.0593. The van der Waals surface area contributed by atoms with Crippen molar-refractivity contribution in [3.05, 3.63) is 63.3 Å². The van der Waals surface area contributed by atoms with Gasteiger partial charge in [0.1, 0.15) is 5.82 Å². The molecule has 0 saturated carbocycles. The molecule has 0 bridgehead atoms. The summed E-state index contributed by atoms with van der Waals surface area (Å²) >= 11 is 0. The predicted octanol–water partition coefficient (Wildman–Crippen LogP) is 3.74. The summed E-state index contributed by atoms with van der Waals surface area (Å²) in [6, 6.07) is 7.57. The summed E-state index contributed by atoms with van der Waals surface area (Å²) in [6.45, 7) is 1.22. The lowest BCUT2D eigenvalue weighted by Gasteiger charge is -2.36. The van der Waals surface area contributed by atoms with Crippen molar-refractivity contribution in [3.8, 4) is 0 Å². The molecule has 1 aromatic carbocycles. The maximum Gasteiger partial charge on any atom is 0.267 e. The van der Waals surface area contributed by atoms with Gasteiger partial charge in [-0.2, -0.15) is 5.10 Å². The minimum Gasteiger partial charge on any atom is -0.336 e. The Morgan fingerprint density at radius 2 is 1.86 bits per heavy atom. The number of halogens is 1. The van der Waals surface area contributed by atoms with Crippen LogP contribution >= 0.6 is 0 Å². The topological polar surface area (TPSA) is 55.2 Å². The van der Waals surface area contributed by atoms with Gasteiger partial charge < -0.3 is 4.90 Å². The number of rotatable bonds is 4. The fourth-order valence-corrected chi connectivity index (χ4v) is 4.54. The number of benzene rings is 1. The Labute approximate surface area is 170 Å². The Morgan fingerprint density at radius 3 is 2.69 bits per heavy atom. The molecule has 5 nitrogen and oxygen atoms in total. The second-order valence-corrected chi connectivity index (χ2v) is 8.18. The lowest BCUT2D eigenvalue weighted by Crippen LogP contribution is -2.44. The number of likely N-dealkylation sites (tertiary alicyclic amines) is 1. The number of amides is 1. The number of carbonyl (C=O) groups is 1. The monoisotopic (exact) mass is 397 g/mol. The molecule has 0 N–H and O–H groups in total. The van der Waals surface area contributed by atoms with Crippen molar-refractivity contribution < 1.29 is 9.18 Å². The van der Waals surface area contributed by atoms with E-state index in [-0.39, 0.29) is 23.3 Å².